The van der Waals surface area contributed by atoms with Gasteiger partial charge in [-0.2, -0.15) is 0 Å². The third-order valence-corrected chi connectivity index (χ3v) is 6.38. The molecule has 1 unspecified atom stereocenters. The fourth-order valence-electron chi connectivity index (χ4n) is 4.42. The van der Waals surface area contributed by atoms with E-state index in [1.54, 1.807) is 0 Å². The lowest BCUT2D eigenvalue weighted by Crippen LogP contribution is -2.38. The van der Waals surface area contributed by atoms with Crippen LogP contribution in [0.2, 0.25) is 0 Å². The van der Waals surface area contributed by atoms with Crippen molar-refractivity contribution in [1.29, 1.82) is 0 Å². The van der Waals surface area contributed by atoms with Gasteiger partial charge in [-0.25, -0.2) is 0 Å². The van der Waals surface area contributed by atoms with Crippen LogP contribution in [0.3, 0.4) is 0 Å². The van der Waals surface area contributed by atoms with Crippen molar-refractivity contribution in [1.82, 2.24) is 9.80 Å². The molecule has 2 nitrogen and oxygen atoms in total. The van der Waals surface area contributed by atoms with E-state index in [4.69, 9.17) is 0 Å². The van der Waals surface area contributed by atoms with Crippen LogP contribution in [-0.2, 0) is 6.42 Å². The number of hydrogen-bond donors (Lipinski definition) is 0. The molecule has 0 saturated carbocycles. The van der Waals surface area contributed by atoms with Gasteiger partial charge in [0.25, 0.3) is 0 Å². The highest BCUT2D eigenvalue weighted by Crippen LogP contribution is 2.20. The van der Waals surface area contributed by atoms with E-state index in [1.165, 1.54) is 102 Å². The van der Waals surface area contributed by atoms with Gasteiger partial charge in [0.1, 0.15) is 6.17 Å². The molecule has 2 rings (SSSR count). The maximum absolute atomic E-state index is 2.54. The number of nitrogens with zero attached hydrogens (tertiary/aromatic N) is 2. The van der Waals surface area contributed by atoms with Crippen molar-refractivity contribution >= 4 is 0 Å². The average Bonchev–Trinajstić information content (AvgIpc) is 3.08. The second-order valence-electron chi connectivity index (χ2n) is 8.97. The normalized spacial score (nSPS) is 16.1. The van der Waals surface area contributed by atoms with E-state index in [-0.39, 0.29) is 0 Å². The summed E-state index contributed by atoms with van der Waals surface area (Å²) < 4.78 is 0. The first-order chi connectivity index (χ1) is 14.3. The summed E-state index contributed by atoms with van der Waals surface area (Å²) >= 11 is 0. The van der Waals surface area contributed by atoms with Gasteiger partial charge in [0.05, 0.1) is 0 Å². The Hall–Kier alpha value is -1.44. The molecule has 0 bridgehead atoms. The highest BCUT2D eigenvalue weighted by Gasteiger charge is 2.23. The molecular formula is C27H46N2. The summed E-state index contributed by atoms with van der Waals surface area (Å²) in [5.41, 5.74) is 1.43. The summed E-state index contributed by atoms with van der Waals surface area (Å²) in [5, 5.41) is 0. The van der Waals surface area contributed by atoms with E-state index < -0.39 is 0 Å². The molecule has 1 heterocycles. The first kappa shape index (κ1) is 23.8. The van der Waals surface area contributed by atoms with Gasteiger partial charge in [-0.3, -0.25) is 0 Å². The van der Waals surface area contributed by atoms with Crippen LogP contribution in [0.1, 0.15) is 102 Å². The summed E-state index contributed by atoms with van der Waals surface area (Å²) in [4.78, 5) is 4.89. The highest BCUT2D eigenvalue weighted by molar-refractivity contribution is 5.17. The van der Waals surface area contributed by atoms with E-state index in [0.29, 0.717) is 6.17 Å². The minimum absolute atomic E-state index is 0.486. The third-order valence-electron chi connectivity index (χ3n) is 6.38. The molecule has 0 amide bonds. The summed E-state index contributed by atoms with van der Waals surface area (Å²) in [6, 6.07) is 10.9. The fourth-order valence-corrected chi connectivity index (χ4v) is 4.42. The molecule has 0 N–H and O–H groups in total. The van der Waals surface area contributed by atoms with Crippen molar-refractivity contribution in [3.05, 3.63) is 48.3 Å². The van der Waals surface area contributed by atoms with Gasteiger partial charge < -0.3 is 9.80 Å². The number of hydrogen-bond acceptors (Lipinski definition) is 2. The van der Waals surface area contributed by atoms with Crippen LogP contribution in [0.4, 0.5) is 0 Å². The molecule has 29 heavy (non-hydrogen) atoms. The minimum Gasteiger partial charge on any atom is -0.359 e. The first-order valence-electron chi connectivity index (χ1n) is 12.5. The van der Waals surface area contributed by atoms with E-state index in [1.807, 2.05) is 0 Å². The molecule has 1 aliphatic heterocycles. The second-order valence-corrected chi connectivity index (χ2v) is 8.97. The smallest absolute Gasteiger partial charge is 0.104 e. The fraction of sp³-hybridized carbons (Fsp3) is 0.704. The predicted molar refractivity (Wildman–Crippen MR) is 128 cm³/mol. The molecule has 164 valence electrons. The van der Waals surface area contributed by atoms with Crippen LogP contribution in [0.15, 0.2) is 42.7 Å². The molecule has 0 aromatic heterocycles. The molecule has 0 aliphatic carbocycles. The molecule has 0 saturated heterocycles. The molecule has 0 spiro atoms. The van der Waals surface area contributed by atoms with Crippen molar-refractivity contribution in [3.8, 4) is 0 Å². The van der Waals surface area contributed by atoms with Crippen LogP contribution in [-0.4, -0.2) is 29.6 Å². The van der Waals surface area contributed by atoms with Crippen LogP contribution in [0.5, 0.6) is 0 Å². The van der Waals surface area contributed by atoms with Gasteiger partial charge in [0.15, 0.2) is 0 Å². The monoisotopic (exact) mass is 398 g/mol. The molecular weight excluding hydrogens is 352 g/mol. The minimum atomic E-state index is 0.486. The van der Waals surface area contributed by atoms with Crippen LogP contribution in [0.25, 0.3) is 0 Å². The van der Waals surface area contributed by atoms with Crippen LogP contribution in [0, 0.1) is 0 Å². The molecule has 1 aromatic rings. The maximum atomic E-state index is 2.54. The van der Waals surface area contributed by atoms with Gasteiger partial charge in [0.2, 0.25) is 0 Å². The van der Waals surface area contributed by atoms with Crippen molar-refractivity contribution < 1.29 is 0 Å². The summed E-state index contributed by atoms with van der Waals surface area (Å²) in [5.74, 6) is 0. The van der Waals surface area contributed by atoms with Gasteiger partial charge in [0, 0.05) is 32.4 Å². The SMILES string of the molecule is CCCCCCCCCCCCCCCCN1C=CN(C)C1Cc1ccccc1. The molecule has 1 aliphatic rings. The zero-order valence-corrected chi connectivity index (χ0v) is 19.3. The Bertz CT molecular complexity index is 525. The lowest BCUT2D eigenvalue weighted by atomic mass is 10.0. The summed E-state index contributed by atoms with van der Waals surface area (Å²) in [7, 11) is 2.20. The summed E-state index contributed by atoms with van der Waals surface area (Å²) in [6.07, 6.45) is 26.1. The molecule has 1 atom stereocenters. The topological polar surface area (TPSA) is 6.48 Å². The van der Waals surface area contributed by atoms with Crippen molar-refractivity contribution in [3.63, 3.8) is 0 Å². The van der Waals surface area contributed by atoms with E-state index in [0.717, 1.165) is 6.42 Å². The Morgan fingerprint density at radius 2 is 1.17 bits per heavy atom. The highest BCUT2D eigenvalue weighted by atomic mass is 15.4. The second kappa shape index (κ2) is 15.4. The van der Waals surface area contributed by atoms with Gasteiger partial charge >= 0.3 is 0 Å². The van der Waals surface area contributed by atoms with Crippen molar-refractivity contribution in [2.24, 2.45) is 0 Å². The van der Waals surface area contributed by atoms with E-state index in [2.05, 4.69) is 66.5 Å². The molecule has 2 heteroatoms. The third kappa shape index (κ3) is 10.2. The number of benzene rings is 1. The number of likely N-dealkylation sites (N-methyl/N-ethyl adjacent to an activating group) is 1. The Morgan fingerprint density at radius 1 is 0.655 bits per heavy atom. The van der Waals surface area contributed by atoms with Crippen LogP contribution >= 0.6 is 0 Å². The lowest BCUT2D eigenvalue weighted by Gasteiger charge is -2.30. The quantitative estimate of drug-likeness (QED) is 0.247. The molecule has 1 aromatic carbocycles. The van der Waals surface area contributed by atoms with Gasteiger partial charge in [-0.15, -0.1) is 0 Å². The largest absolute Gasteiger partial charge is 0.359 e. The van der Waals surface area contributed by atoms with E-state index in [9.17, 15) is 0 Å². The number of rotatable bonds is 17. The van der Waals surface area contributed by atoms with E-state index >= 15 is 0 Å². The van der Waals surface area contributed by atoms with Gasteiger partial charge in [-0.05, 0) is 12.0 Å². The molecule has 0 radical (unpaired) electrons. The Kier molecular flexibility index (Phi) is 12.7. The average molecular weight is 399 g/mol. The zero-order valence-electron chi connectivity index (χ0n) is 19.3. The lowest BCUT2D eigenvalue weighted by molar-refractivity contribution is 0.173. The Balaban J connectivity index is 1.43. The zero-order chi connectivity index (χ0) is 20.6. The van der Waals surface area contributed by atoms with Crippen molar-refractivity contribution in [2.45, 2.75) is 109 Å². The van der Waals surface area contributed by atoms with Gasteiger partial charge in [-0.1, -0.05) is 121 Å². The summed E-state index contributed by atoms with van der Waals surface area (Å²) in [6.45, 7) is 3.49. The first-order valence-corrected chi connectivity index (χ1v) is 12.5. The maximum Gasteiger partial charge on any atom is 0.104 e. The Labute approximate surface area is 181 Å². The predicted octanol–water partition coefficient (Wildman–Crippen LogP) is 7.76. The Morgan fingerprint density at radius 3 is 1.72 bits per heavy atom. The van der Waals surface area contributed by atoms with Crippen LogP contribution < -0.4 is 0 Å². The molecule has 0 fully saturated rings. The van der Waals surface area contributed by atoms with Crippen molar-refractivity contribution in [2.75, 3.05) is 13.6 Å². The number of unbranched alkanes of at least 4 members (excludes halogenated alkanes) is 13. The standard InChI is InChI=1S/C27H46N2/c1-3-4-5-6-7-8-9-10-11-12-13-14-15-19-22-29-24-23-28(2)27(29)25-26-20-17-16-18-21-26/h16-18,20-21,23-24,27H,3-15,19,22,25H2,1-2H3.